The maximum atomic E-state index is 14.4. The molecule has 0 bridgehead atoms. The van der Waals surface area contributed by atoms with Gasteiger partial charge in [0.15, 0.2) is 0 Å². The number of hydrogen-bond acceptors (Lipinski definition) is 4. The number of nitrogens with zero attached hydrogens (tertiary/aromatic N) is 4. The minimum absolute atomic E-state index is 0.182. The summed E-state index contributed by atoms with van der Waals surface area (Å²) in [6, 6.07) is 5.26. The Kier molecular flexibility index (Phi) is 5.25. The molecule has 0 aliphatic carbocycles. The summed E-state index contributed by atoms with van der Waals surface area (Å²) in [6.45, 7) is 4.64. The molecule has 5 nitrogen and oxygen atoms in total. The van der Waals surface area contributed by atoms with E-state index in [1.165, 1.54) is 36.4 Å². The van der Waals surface area contributed by atoms with Crippen molar-refractivity contribution in [1.29, 1.82) is 0 Å². The van der Waals surface area contributed by atoms with E-state index in [0.29, 0.717) is 18.1 Å². The zero-order valence-corrected chi connectivity index (χ0v) is 14.1. The number of halogens is 1. The molecule has 1 fully saturated rings. The molecular formula is C18H24FN5. The molecule has 128 valence electrons. The average molecular weight is 329 g/mol. The first kappa shape index (κ1) is 16.6. The van der Waals surface area contributed by atoms with Gasteiger partial charge in [0.05, 0.1) is 18.1 Å². The van der Waals surface area contributed by atoms with E-state index >= 15 is 0 Å². The van der Waals surface area contributed by atoms with Crippen LogP contribution in [0.25, 0.3) is 0 Å². The molecular weight excluding hydrogens is 305 g/mol. The van der Waals surface area contributed by atoms with E-state index in [1.807, 2.05) is 19.1 Å². The summed E-state index contributed by atoms with van der Waals surface area (Å²) in [4.78, 5) is 6.42. The van der Waals surface area contributed by atoms with Gasteiger partial charge in [0.25, 0.3) is 0 Å². The topological polar surface area (TPSA) is 59.4 Å². The van der Waals surface area contributed by atoms with Crippen molar-refractivity contribution in [3.05, 3.63) is 47.0 Å². The van der Waals surface area contributed by atoms with Crippen molar-refractivity contribution in [3.63, 3.8) is 0 Å². The van der Waals surface area contributed by atoms with Gasteiger partial charge in [-0.05, 0) is 44.5 Å². The molecule has 2 heterocycles. The number of aromatic nitrogens is 2. The lowest BCUT2D eigenvalue weighted by atomic mass is 10.1. The molecule has 1 aliphatic rings. The Bertz CT molecular complexity index is 714. The van der Waals surface area contributed by atoms with E-state index in [2.05, 4.69) is 15.0 Å². The average Bonchev–Trinajstić information content (AvgIpc) is 2.75. The molecule has 2 aromatic rings. The Morgan fingerprint density at radius 2 is 2.00 bits per heavy atom. The number of likely N-dealkylation sites (tertiary alicyclic amines) is 1. The summed E-state index contributed by atoms with van der Waals surface area (Å²) >= 11 is 0. The molecule has 0 amide bonds. The standard InChI is InChI=1S/C18H24FN5/c1-14-12-24(18(20)22-14)21-11-15-6-7-16(17(19)10-15)13-23-8-4-2-3-5-9-23/h6-7,10-12H,2-5,8-9,13H2,1H3,(H2,20,22). The highest BCUT2D eigenvalue weighted by molar-refractivity contribution is 5.79. The SMILES string of the molecule is Cc1cn(N=Cc2ccc(CN3CCCCCC3)c(F)c2)c(N)n1. The lowest BCUT2D eigenvalue weighted by molar-refractivity contribution is 0.273. The largest absolute Gasteiger partial charge is 0.368 e. The molecule has 0 radical (unpaired) electrons. The number of imidazole rings is 1. The van der Waals surface area contributed by atoms with Crippen LogP contribution < -0.4 is 5.73 Å². The quantitative estimate of drug-likeness (QED) is 0.877. The molecule has 1 aliphatic heterocycles. The van der Waals surface area contributed by atoms with E-state index in [9.17, 15) is 4.39 Å². The van der Waals surface area contributed by atoms with E-state index in [4.69, 9.17) is 5.73 Å². The number of aryl methyl sites for hydroxylation is 1. The molecule has 0 unspecified atom stereocenters. The molecule has 6 heteroatoms. The van der Waals surface area contributed by atoms with Crippen LogP contribution in [0.4, 0.5) is 10.3 Å². The van der Waals surface area contributed by atoms with Crippen LogP contribution in [-0.4, -0.2) is 33.9 Å². The maximum Gasteiger partial charge on any atom is 0.221 e. The fraction of sp³-hybridized carbons (Fsp3) is 0.444. The smallest absolute Gasteiger partial charge is 0.221 e. The zero-order chi connectivity index (χ0) is 16.9. The molecule has 1 saturated heterocycles. The number of benzene rings is 1. The van der Waals surface area contributed by atoms with Gasteiger partial charge in [-0.1, -0.05) is 25.0 Å². The van der Waals surface area contributed by atoms with Gasteiger partial charge in [-0.15, -0.1) is 0 Å². The highest BCUT2D eigenvalue weighted by Gasteiger charge is 2.12. The van der Waals surface area contributed by atoms with Gasteiger partial charge in [-0.3, -0.25) is 4.90 Å². The van der Waals surface area contributed by atoms with Crippen molar-refractivity contribution in [2.45, 2.75) is 39.2 Å². The predicted octanol–water partition coefficient (Wildman–Crippen LogP) is 3.17. The van der Waals surface area contributed by atoms with Crippen LogP contribution in [0.3, 0.4) is 0 Å². The third-order valence-corrected chi connectivity index (χ3v) is 4.34. The molecule has 1 aromatic heterocycles. The minimum Gasteiger partial charge on any atom is -0.368 e. The van der Waals surface area contributed by atoms with Crippen LogP contribution in [0.15, 0.2) is 29.5 Å². The first-order chi connectivity index (χ1) is 11.6. The second-order valence-corrected chi connectivity index (χ2v) is 6.37. The monoisotopic (exact) mass is 329 g/mol. The van der Waals surface area contributed by atoms with Crippen LogP contribution in [0.2, 0.25) is 0 Å². The van der Waals surface area contributed by atoms with Crippen LogP contribution >= 0.6 is 0 Å². The number of nitrogen functional groups attached to an aromatic ring is 1. The van der Waals surface area contributed by atoms with Crippen LogP contribution in [0.1, 0.15) is 42.5 Å². The molecule has 2 N–H and O–H groups in total. The maximum absolute atomic E-state index is 14.4. The summed E-state index contributed by atoms with van der Waals surface area (Å²) in [6.07, 6.45) is 8.30. The molecule has 24 heavy (non-hydrogen) atoms. The lowest BCUT2D eigenvalue weighted by Crippen LogP contribution is -2.24. The summed E-state index contributed by atoms with van der Waals surface area (Å²) in [7, 11) is 0. The molecule has 1 aromatic carbocycles. The van der Waals surface area contributed by atoms with Crippen molar-refractivity contribution in [1.82, 2.24) is 14.6 Å². The lowest BCUT2D eigenvalue weighted by Gasteiger charge is -2.20. The highest BCUT2D eigenvalue weighted by Crippen LogP contribution is 2.16. The van der Waals surface area contributed by atoms with E-state index < -0.39 is 0 Å². The third-order valence-electron chi connectivity index (χ3n) is 4.34. The molecule has 3 rings (SSSR count). The first-order valence-electron chi connectivity index (χ1n) is 8.48. The van der Waals surface area contributed by atoms with Crippen molar-refractivity contribution in [3.8, 4) is 0 Å². The van der Waals surface area contributed by atoms with Crippen molar-refractivity contribution >= 4 is 12.2 Å². The Balaban J connectivity index is 1.68. The van der Waals surface area contributed by atoms with Crippen molar-refractivity contribution < 1.29 is 4.39 Å². The van der Waals surface area contributed by atoms with Crippen LogP contribution in [0, 0.1) is 12.7 Å². The second kappa shape index (κ2) is 7.57. The number of anilines is 1. The Morgan fingerprint density at radius 1 is 1.25 bits per heavy atom. The summed E-state index contributed by atoms with van der Waals surface area (Å²) < 4.78 is 15.9. The van der Waals surface area contributed by atoms with E-state index in [1.54, 1.807) is 12.4 Å². The third kappa shape index (κ3) is 4.20. The summed E-state index contributed by atoms with van der Waals surface area (Å²) in [5, 5.41) is 4.22. The second-order valence-electron chi connectivity index (χ2n) is 6.37. The molecule has 0 saturated carbocycles. The van der Waals surface area contributed by atoms with Crippen LogP contribution in [0.5, 0.6) is 0 Å². The van der Waals surface area contributed by atoms with E-state index in [-0.39, 0.29) is 5.82 Å². The van der Waals surface area contributed by atoms with Gasteiger partial charge in [0, 0.05) is 12.1 Å². The zero-order valence-electron chi connectivity index (χ0n) is 14.1. The van der Waals surface area contributed by atoms with Gasteiger partial charge >= 0.3 is 0 Å². The van der Waals surface area contributed by atoms with Gasteiger partial charge in [0.1, 0.15) is 5.82 Å². The van der Waals surface area contributed by atoms with Gasteiger partial charge in [-0.25, -0.2) is 14.1 Å². The normalized spacial score (nSPS) is 16.6. The van der Waals surface area contributed by atoms with Gasteiger partial charge < -0.3 is 5.73 Å². The van der Waals surface area contributed by atoms with E-state index in [0.717, 1.165) is 24.3 Å². The van der Waals surface area contributed by atoms with Crippen molar-refractivity contribution in [2.75, 3.05) is 18.8 Å². The molecule has 0 atom stereocenters. The first-order valence-corrected chi connectivity index (χ1v) is 8.48. The Hall–Kier alpha value is -2.21. The predicted molar refractivity (Wildman–Crippen MR) is 94.5 cm³/mol. The van der Waals surface area contributed by atoms with Crippen LogP contribution in [-0.2, 0) is 6.54 Å². The van der Waals surface area contributed by atoms with Gasteiger partial charge in [0.2, 0.25) is 5.95 Å². The highest BCUT2D eigenvalue weighted by atomic mass is 19.1. The fourth-order valence-electron chi connectivity index (χ4n) is 3.03. The Labute approximate surface area is 142 Å². The fourth-order valence-corrected chi connectivity index (χ4v) is 3.03. The summed E-state index contributed by atoms with van der Waals surface area (Å²) in [5.41, 5.74) is 7.98. The summed E-state index contributed by atoms with van der Waals surface area (Å²) in [5.74, 6) is 0.139. The number of hydrogen-bond donors (Lipinski definition) is 1. The minimum atomic E-state index is -0.182. The van der Waals surface area contributed by atoms with Crippen molar-refractivity contribution in [2.24, 2.45) is 5.10 Å². The number of rotatable bonds is 4. The number of nitrogens with two attached hydrogens (primary N) is 1. The molecule has 0 spiro atoms. The van der Waals surface area contributed by atoms with Gasteiger partial charge in [-0.2, -0.15) is 5.10 Å². The Morgan fingerprint density at radius 3 is 2.62 bits per heavy atom.